The lowest BCUT2D eigenvalue weighted by Gasteiger charge is -2.22. The van der Waals surface area contributed by atoms with Crippen LogP contribution < -0.4 is 4.90 Å². The number of nitro groups is 1. The number of likely N-dealkylation sites (N-methyl/N-ethyl adjacent to an activating group) is 1. The fraction of sp³-hybridized carbons (Fsp3) is 0.500. The van der Waals surface area contributed by atoms with Gasteiger partial charge >= 0.3 is 0 Å². The van der Waals surface area contributed by atoms with E-state index in [4.69, 9.17) is 16.3 Å². The summed E-state index contributed by atoms with van der Waals surface area (Å²) in [6.07, 6.45) is 0. The van der Waals surface area contributed by atoms with Gasteiger partial charge in [-0.25, -0.2) is 0 Å². The summed E-state index contributed by atoms with van der Waals surface area (Å²) in [5.41, 5.74) is 1.61. The lowest BCUT2D eigenvalue weighted by Crippen LogP contribution is -2.23. The van der Waals surface area contributed by atoms with Gasteiger partial charge in [0.2, 0.25) is 0 Å². The first-order chi connectivity index (χ1) is 8.47. The predicted molar refractivity (Wildman–Crippen MR) is 72.6 cm³/mol. The van der Waals surface area contributed by atoms with Gasteiger partial charge in [-0.2, -0.15) is 0 Å². The van der Waals surface area contributed by atoms with Gasteiger partial charge in [0.15, 0.2) is 0 Å². The van der Waals surface area contributed by atoms with E-state index in [1.165, 1.54) is 12.1 Å². The van der Waals surface area contributed by atoms with E-state index < -0.39 is 4.92 Å². The number of non-ortho nitro benzene ring substituents is 1. The van der Waals surface area contributed by atoms with Crippen molar-refractivity contribution in [3.63, 3.8) is 0 Å². The molecule has 0 aliphatic carbocycles. The maximum atomic E-state index is 10.7. The van der Waals surface area contributed by atoms with E-state index in [0.29, 0.717) is 24.8 Å². The second-order valence-corrected chi connectivity index (χ2v) is 4.38. The molecule has 0 amide bonds. The van der Waals surface area contributed by atoms with Crippen molar-refractivity contribution in [2.24, 2.45) is 0 Å². The first-order valence-corrected chi connectivity index (χ1v) is 6.08. The number of benzene rings is 1. The van der Waals surface area contributed by atoms with E-state index in [1.807, 2.05) is 25.8 Å². The molecule has 0 N–H and O–H groups in total. The van der Waals surface area contributed by atoms with E-state index in [0.717, 1.165) is 11.3 Å². The van der Waals surface area contributed by atoms with Crippen LogP contribution >= 0.6 is 11.6 Å². The van der Waals surface area contributed by atoms with Crippen molar-refractivity contribution in [1.29, 1.82) is 0 Å². The van der Waals surface area contributed by atoms with Crippen LogP contribution in [0.3, 0.4) is 0 Å². The molecule has 6 heteroatoms. The summed E-state index contributed by atoms with van der Waals surface area (Å²) < 4.78 is 5.27. The van der Waals surface area contributed by atoms with Crippen LogP contribution in [-0.4, -0.2) is 31.7 Å². The Kier molecular flexibility index (Phi) is 5.37. The Morgan fingerprint density at radius 1 is 1.50 bits per heavy atom. The second kappa shape index (κ2) is 6.56. The molecule has 5 nitrogen and oxygen atoms in total. The molecule has 18 heavy (non-hydrogen) atoms. The molecule has 1 rings (SSSR count). The van der Waals surface area contributed by atoms with Gasteiger partial charge in [-0.05, 0) is 19.4 Å². The number of hydrogen-bond donors (Lipinski definition) is 0. The van der Waals surface area contributed by atoms with E-state index in [1.54, 1.807) is 0 Å². The fourth-order valence-corrected chi connectivity index (χ4v) is 2.17. The lowest BCUT2D eigenvalue weighted by molar-refractivity contribution is -0.384. The monoisotopic (exact) mass is 272 g/mol. The van der Waals surface area contributed by atoms with Crippen molar-refractivity contribution in [3.8, 4) is 0 Å². The van der Waals surface area contributed by atoms with Crippen LogP contribution in [0.1, 0.15) is 12.5 Å². The molecule has 0 fully saturated rings. The minimum absolute atomic E-state index is 0.0134. The smallest absolute Gasteiger partial charge is 0.271 e. The number of aryl methyl sites for hydroxylation is 1. The van der Waals surface area contributed by atoms with Gasteiger partial charge in [0.1, 0.15) is 0 Å². The van der Waals surface area contributed by atoms with E-state index in [-0.39, 0.29) is 5.69 Å². The minimum Gasteiger partial charge on any atom is -0.380 e. The van der Waals surface area contributed by atoms with Crippen LogP contribution in [0.25, 0.3) is 0 Å². The van der Waals surface area contributed by atoms with E-state index >= 15 is 0 Å². The lowest BCUT2D eigenvalue weighted by atomic mass is 10.1. The summed E-state index contributed by atoms with van der Waals surface area (Å²) in [5.74, 6) is 0. The average Bonchev–Trinajstić information content (AvgIpc) is 2.28. The van der Waals surface area contributed by atoms with Gasteiger partial charge in [-0.3, -0.25) is 10.1 Å². The van der Waals surface area contributed by atoms with Gasteiger partial charge in [-0.1, -0.05) is 11.6 Å². The molecular formula is C12H17ClN2O3. The number of halogens is 1. The molecule has 1 aromatic rings. The zero-order valence-electron chi connectivity index (χ0n) is 10.8. The zero-order chi connectivity index (χ0) is 13.7. The summed E-state index contributed by atoms with van der Waals surface area (Å²) in [5, 5.41) is 11.1. The van der Waals surface area contributed by atoms with Crippen molar-refractivity contribution < 1.29 is 9.66 Å². The van der Waals surface area contributed by atoms with Crippen LogP contribution in [0, 0.1) is 17.0 Å². The second-order valence-electron chi connectivity index (χ2n) is 3.97. The molecule has 100 valence electrons. The third kappa shape index (κ3) is 3.58. The largest absolute Gasteiger partial charge is 0.380 e. The van der Waals surface area contributed by atoms with Crippen molar-refractivity contribution in [3.05, 3.63) is 32.8 Å². The Labute approximate surface area is 111 Å². The summed E-state index contributed by atoms with van der Waals surface area (Å²) in [4.78, 5) is 12.2. The summed E-state index contributed by atoms with van der Waals surface area (Å²) in [6.45, 7) is 5.70. The molecule has 0 radical (unpaired) electrons. The average molecular weight is 273 g/mol. The quantitative estimate of drug-likeness (QED) is 0.454. The Hall–Kier alpha value is -1.33. The van der Waals surface area contributed by atoms with Gasteiger partial charge in [0.25, 0.3) is 5.69 Å². The van der Waals surface area contributed by atoms with Crippen molar-refractivity contribution in [2.75, 3.05) is 31.7 Å². The van der Waals surface area contributed by atoms with Crippen LogP contribution in [-0.2, 0) is 4.74 Å². The molecule has 0 saturated carbocycles. The number of rotatable bonds is 6. The van der Waals surface area contributed by atoms with Crippen molar-refractivity contribution in [1.82, 2.24) is 0 Å². The SMILES string of the molecule is CCOCCN(C)c1c(C)cc([N+](=O)[O-])cc1Cl. The van der Waals surface area contributed by atoms with Crippen LogP contribution in [0.5, 0.6) is 0 Å². The molecule has 1 aromatic carbocycles. The van der Waals surface area contributed by atoms with Crippen molar-refractivity contribution >= 4 is 23.0 Å². The maximum absolute atomic E-state index is 10.7. The standard InChI is InChI=1S/C12H17ClN2O3/c1-4-18-6-5-14(3)12-9(2)7-10(15(16)17)8-11(12)13/h7-8H,4-6H2,1-3H3. The van der Waals surface area contributed by atoms with Crippen LogP contribution in [0.4, 0.5) is 11.4 Å². The van der Waals surface area contributed by atoms with Gasteiger partial charge in [0.05, 0.1) is 22.2 Å². The Balaban J connectivity index is 2.92. The zero-order valence-corrected chi connectivity index (χ0v) is 11.5. The van der Waals surface area contributed by atoms with Gasteiger partial charge in [0, 0.05) is 32.3 Å². The first-order valence-electron chi connectivity index (χ1n) is 5.70. The topological polar surface area (TPSA) is 55.6 Å². The highest BCUT2D eigenvalue weighted by atomic mass is 35.5. The minimum atomic E-state index is -0.442. The molecule has 0 unspecified atom stereocenters. The highest BCUT2D eigenvalue weighted by molar-refractivity contribution is 6.33. The predicted octanol–water partition coefficient (Wildman–Crippen LogP) is 3.03. The summed E-state index contributed by atoms with van der Waals surface area (Å²) in [6, 6.07) is 2.90. The highest BCUT2D eigenvalue weighted by Gasteiger charge is 2.15. The fourth-order valence-electron chi connectivity index (χ4n) is 1.76. The molecule has 0 aliphatic rings. The number of nitrogens with zero attached hydrogens (tertiary/aromatic N) is 2. The normalized spacial score (nSPS) is 10.4. The third-order valence-electron chi connectivity index (χ3n) is 2.61. The van der Waals surface area contributed by atoms with E-state index in [2.05, 4.69) is 0 Å². The molecule has 0 aliphatic heterocycles. The molecule has 0 bridgehead atoms. The van der Waals surface area contributed by atoms with Gasteiger partial charge < -0.3 is 9.64 Å². The van der Waals surface area contributed by atoms with Crippen LogP contribution in [0.2, 0.25) is 5.02 Å². The molecule has 0 aromatic heterocycles. The molecule has 0 spiro atoms. The number of anilines is 1. The van der Waals surface area contributed by atoms with Crippen LogP contribution in [0.15, 0.2) is 12.1 Å². The summed E-state index contributed by atoms with van der Waals surface area (Å²) >= 11 is 6.10. The first kappa shape index (κ1) is 14.7. The van der Waals surface area contributed by atoms with E-state index in [9.17, 15) is 10.1 Å². The molecule has 0 heterocycles. The number of nitro benzene ring substituents is 1. The Morgan fingerprint density at radius 3 is 2.67 bits per heavy atom. The Morgan fingerprint density at radius 2 is 2.17 bits per heavy atom. The molecule has 0 saturated heterocycles. The van der Waals surface area contributed by atoms with Crippen molar-refractivity contribution in [2.45, 2.75) is 13.8 Å². The maximum Gasteiger partial charge on any atom is 0.271 e. The number of ether oxygens (including phenoxy) is 1. The third-order valence-corrected chi connectivity index (χ3v) is 2.89. The molecule has 0 atom stereocenters. The highest BCUT2D eigenvalue weighted by Crippen LogP contribution is 2.32. The molecular weight excluding hydrogens is 256 g/mol. The number of hydrogen-bond acceptors (Lipinski definition) is 4. The van der Waals surface area contributed by atoms with Gasteiger partial charge in [-0.15, -0.1) is 0 Å². The Bertz CT molecular complexity index is 414. The summed E-state index contributed by atoms with van der Waals surface area (Å²) in [7, 11) is 1.89.